The molecule has 0 aromatic heterocycles. The Morgan fingerprint density at radius 1 is 1.00 bits per heavy atom. The fourth-order valence-electron chi connectivity index (χ4n) is 0.279. The molecule has 0 saturated carbocycles. The van der Waals surface area contributed by atoms with Crippen molar-refractivity contribution in [2.75, 3.05) is 13.2 Å². The van der Waals surface area contributed by atoms with E-state index in [0.29, 0.717) is 13.2 Å². The molecule has 0 spiro atoms. The third-order valence-electron chi connectivity index (χ3n) is 0.552. The number of hydrogen-bond donors (Lipinski definition) is 0. The number of rotatable bonds is 0. The third kappa shape index (κ3) is 2.56. The van der Waals surface area contributed by atoms with Gasteiger partial charge in [-0.15, -0.1) is 0 Å². The second-order valence-electron chi connectivity index (χ2n) is 1.07. The van der Waals surface area contributed by atoms with Gasteiger partial charge in [0.25, 0.3) is 0 Å². The molecule has 1 rings (SSSR count). The van der Waals surface area contributed by atoms with Gasteiger partial charge < -0.3 is 0 Å². The first-order chi connectivity index (χ1) is 3.00. The lowest BCUT2D eigenvalue weighted by molar-refractivity contribution is -0.532. The van der Waals surface area contributed by atoms with Gasteiger partial charge in [-0.1, -0.05) is 12.5 Å². The second-order valence-corrected chi connectivity index (χ2v) is 1.07. The average molecular weight is 106 g/mol. The molecule has 1 aliphatic rings. The van der Waals surface area contributed by atoms with E-state index in [0.717, 1.165) is 6.42 Å². The Kier molecular flexibility index (Phi) is 3.98. The van der Waals surface area contributed by atoms with Gasteiger partial charge in [-0.25, -0.2) is 9.78 Å². The molecule has 1 heterocycles. The van der Waals surface area contributed by atoms with Crippen LogP contribution >= 0.6 is 0 Å². The zero-order chi connectivity index (χ0) is 4.24. The van der Waals surface area contributed by atoms with Gasteiger partial charge in [-0.2, -0.15) is 0 Å². The van der Waals surface area contributed by atoms with Crippen LogP contribution in [0.15, 0.2) is 0 Å². The highest BCUT2D eigenvalue weighted by Gasteiger charge is 1.96. The molecule has 0 aromatic rings. The maximum absolute atomic E-state index is 4.35. The van der Waals surface area contributed by atoms with Crippen molar-refractivity contribution in [3.63, 3.8) is 0 Å². The van der Waals surface area contributed by atoms with Crippen molar-refractivity contribution in [1.82, 2.24) is 0 Å². The van der Waals surface area contributed by atoms with Crippen LogP contribution < -0.4 is 0 Å². The van der Waals surface area contributed by atoms with E-state index >= 15 is 0 Å². The molecular formula is C4H10O3. The van der Waals surface area contributed by atoms with E-state index in [1.165, 1.54) is 0 Å². The van der Waals surface area contributed by atoms with Crippen LogP contribution in [0, 0.1) is 0 Å². The van der Waals surface area contributed by atoms with E-state index in [4.69, 9.17) is 0 Å². The van der Waals surface area contributed by atoms with Crippen molar-refractivity contribution in [2.24, 2.45) is 0 Å². The highest BCUT2D eigenvalue weighted by atomic mass is 17.5. The summed E-state index contributed by atoms with van der Waals surface area (Å²) in [5.74, 6) is 0. The Hall–Kier alpha value is -0.120. The van der Waals surface area contributed by atoms with Crippen molar-refractivity contribution >= 4 is 0 Å². The normalized spacial score (nSPS) is 20.6. The zero-order valence-corrected chi connectivity index (χ0v) is 3.35. The van der Waals surface area contributed by atoms with Crippen molar-refractivity contribution in [2.45, 2.75) is 13.8 Å². The molecule has 0 amide bonds. The molecule has 1 saturated heterocycles. The first-order valence-electron chi connectivity index (χ1n) is 1.91. The average Bonchev–Trinajstić information content (AvgIpc) is 1.72. The standard InChI is InChI=1S/C3H6O3.CH4/c1-2-4-6-5-3-1;/h1-3H2;1H4. The molecule has 0 aliphatic carbocycles. The van der Waals surface area contributed by atoms with E-state index in [2.05, 4.69) is 14.8 Å². The summed E-state index contributed by atoms with van der Waals surface area (Å²) in [4.78, 5) is 8.69. The summed E-state index contributed by atoms with van der Waals surface area (Å²) in [6, 6.07) is 0. The van der Waals surface area contributed by atoms with Crippen molar-refractivity contribution in [3.05, 3.63) is 0 Å². The Bertz CT molecular complexity index is 22.4. The van der Waals surface area contributed by atoms with E-state index in [1.807, 2.05) is 0 Å². The van der Waals surface area contributed by atoms with E-state index in [-0.39, 0.29) is 7.43 Å². The van der Waals surface area contributed by atoms with Crippen LogP contribution in [-0.4, -0.2) is 13.2 Å². The van der Waals surface area contributed by atoms with Crippen LogP contribution in [0.2, 0.25) is 0 Å². The van der Waals surface area contributed by atoms with Gasteiger partial charge in [0, 0.05) is 6.42 Å². The molecule has 3 heteroatoms. The summed E-state index contributed by atoms with van der Waals surface area (Å²) in [5, 5.41) is 4.07. The smallest absolute Gasteiger partial charge is 0.0877 e. The molecule has 3 nitrogen and oxygen atoms in total. The minimum absolute atomic E-state index is 0. The Balaban J connectivity index is 0.000000360. The van der Waals surface area contributed by atoms with Gasteiger partial charge in [-0.3, -0.25) is 0 Å². The highest BCUT2D eigenvalue weighted by Crippen LogP contribution is 1.93. The van der Waals surface area contributed by atoms with E-state index < -0.39 is 0 Å². The number of hydrogen-bond acceptors (Lipinski definition) is 3. The first-order valence-corrected chi connectivity index (χ1v) is 1.91. The lowest BCUT2D eigenvalue weighted by atomic mass is 10.5. The van der Waals surface area contributed by atoms with Crippen LogP contribution in [0.3, 0.4) is 0 Å². The molecule has 0 unspecified atom stereocenters. The van der Waals surface area contributed by atoms with Crippen LogP contribution in [-0.2, 0) is 14.8 Å². The molecule has 1 aliphatic heterocycles. The lowest BCUT2D eigenvalue weighted by Crippen LogP contribution is -2.08. The van der Waals surface area contributed by atoms with Gasteiger partial charge >= 0.3 is 0 Å². The Morgan fingerprint density at radius 3 is 1.71 bits per heavy atom. The molecule has 0 aromatic carbocycles. The molecule has 0 radical (unpaired) electrons. The molecule has 1 fully saturated rings. The maximum Gasteiger partial charge on any atom is 0.0877 e. The zero-order valence-electron chi connectivity index (χ0n) is 3.35. The van der Waals surface area contributed by atoms with Gasteiger partial charge in [0.2, 0.25) is 0 Å². The maximum atomic E-state index is 4.35. The first kappa shape index (κ1) is 6.88. The summed E-state index contributed by atoms with van der Waals surface area (Å²) in [6.45, 7) is 1.31. The molecule has 0 N–H and O–H groups in total. The van der Waals surface area contributed by atoms with Gasteiger partial charge in [-0.05, 0) is 0 Å². The predicted molar refractivity (Wildman–Crippen MR) is 24.3 cm³/mol. The summed E-state index contributed by atoms with van der Waals surface area (Å²) in [5.41, 5.74) is 0. The molecule has 7 heavy (non-hydrogen) atoms. The largest absolute Gasteiger partial charge is 0.206 e. The van der Waals surface area contributed by atoms with Crippen molar-refractivity contribution in [1.29, 1.82) is 0 Å². The van der Waals surface area contributed by atoms with Crippen molar-refractivity contribution in [3.8, 4) is 0 Å². The summed E-state index contributed by atoms with van der Waals surface area (Å²) >= 11 is 0. The van der Waals surface area contributed by atoms with Crippen LogP contribution in [0.5, 0.6) is 0 Å². The minimum Gasteiger partial charge on any atom is -0.206 e. The van der Waals surface area contributed by atoms with Gasteiger partial charge in [0.05, 0.1) is 13.2 Å². The Morgan fingerprint density at radius 2 is 1.57 bits per heavy atom. The monoisotopic (exact) mass is 106 g/mol. The molecular weight excluding hydrogens is 96.0 g/mol. The van der Waals surface area contributed by atoms with Gasteiger partial charge in [0.1, 0.15) is 0 Å². The summed E-state index contributed by atoms with van der Waals surface area (Å²) in [7, 11) is 0. The van der Waals surface area contributed by atoms with Crippen LogP contribution in [0.25, 0.3) is 0 Å². The fraction of sp³-hybridized carbons (Fsp3) is 1.00. The lowest BCUT2D eigenvalue weighted by Gasteiger charge is -2.06. The van der Waals surface area contributed by atoms with Crippen molar-refractivity contribution < 1.29 is 14.8 Å². The Labute approximate surface area is 43.0 Å². The third-order valence-corrected chi connectivity index (χ3v) is 0.552. The summed E-state index contributed by atoms with van der Waals surface area (Å²) < 4.78 is 0. The van der Waals surface area contributed by atoms with E-state index in [1.54, 1.807) is 0 Å². The highest BCUT2D eigenvalue weighted by molar-refractivity contribution is 4.28. The molecule has 0 atom stereocenters. The van der Waals surface area contributed by atoms with Crippen LogP contribution in [0.1, 0.15) is 13.8 Å². The predicted octanol–water partition coefficient (Wildman–Crippen LogP) is 0.906. The topological polar surface area (TPSA) is 27.7 Å². The van der Waals surface area contributed by atoms with Crippen LogP contribution in [0.4, 0.5) is 0 Å². The SMILES string of the molecule is C.C1COOOC1. The molecule has 0 bridgehead atoms. The summed E-state index contributed by atoms with van der Waals surface area (Å²) in [6.07, 6.45) is 0.931. The fourth-order valence-corrected chi connectivity index (χ4v) is 0.279. The molecule has 44 valence electrons. The minimum atomic E-state index is 0. The second kappa shape index (κ2) is 4.05. The van der Waals surface area contributed by atoms with E-state index in [9.17, 15) is 0 Å². The van der Waals surface area contributed by atoms with Gasteiger partial charge in [0.15, 0.2) is 0 Å². The quantitative estimate of drug-likeness (QED) is 0.429.